The van der Waals surface area contributed by atoms with E-state index in [2.05, 4.69) is 161 Å². The zero-order chi connectivity index (χ0) is 29.0. The van der Waals surface area contributed by atoms with E-state index in [1.165, 1.54) is 43.6 Å². The van der Waals surface area contributed by atoms with Crippen molar-refractivity contribution in [3.05, 3.63) is 164 Å². The summed E-state index contributed by atoms with van der Waals surface area (Å²) in [6.07, 6.45) is 1.89. The Balaban J connectivity index is 1.21. The summed E-state index contributed by atoms with van der Waals surface area (Å²) in [5.74, 6) is 0. The van der Waals surface area contributed by atoms with Crippen LogP contribution in [0, 0.1) is 0 Å². The zero-order valence-corrected chi connectivity index (χ0v) is 23.9. The highest BCUT2D eigenvalue weighted by atomic mass is 15.0. The molecule has 0 amide bonds. The largest absolute Gasteiger partial charge is 0.309 e. The van der Waals surface area contributed by atoms with E-state index >= 15 is 0 Å². The van der Waals surface area contributed by atoms with Gasteiger partial charge in [0, 0.05) is 50.2 Å². The van der Waals surface area contributed by atoms with Gasteiger partial charge in [0.15, 0.2) is 0 Å². The molecule has 0 fully saturated rings. The summed E-state index contributed by atoms with van der Waals surface area (Å²) in [5.41, 5.74) is 11.4. The van der Waals surface area contributed by atoms with Gasteiger partial charge in [0.25, 0.3) is 0 Å². The third-order valence-corrected chi connectivity index (χ3v) is 8.76. The first-order valence-corrected chi connectivity index (χ1v) is 15.0. The van der Waals surface area contributed by atoms with Crippen molar-refractivity contribution >= 4 is 43.6 Å². The Labute approximate surface area is 254 Å². The molecule has 3 nitrogen and oxygen atoms in total. The molecule has 0 spiro atoms. The average Bonchev–Trinajstić information content (AvgIpc) is 3.62. The molecule has 0 bridgehead atoms. The lowest BCUT2D eigenvalue weighted by atomic mass is 9.98. The van der Waals surface area contributed by atoms with Gasteiger partial charge in [-0.1, -0.05) is 103 Å². The van der Waals surface area contributed by atoms with Crippen LogP contribution < -0.4 is 0 Å². The number of nitrogens with zero attached hydrogens (tertiary/aromatic N) is 3. The first kappa shape index (κ1) is 24.6. The first-order chi connectivity index (χ1) is 21.8. The number of hydrogen-bond acceptors (Lipinski definition) is 1. The molecule has 0 radical (unpaired) electrons. The van der Waals surface area contributed by atoms with E-state index in [1.807, 2.05) is 12.3 Å². The first-order valence-electron chi connectivity index (χ1n) is 15.0. The van der Waals surface area contributed by atoms with Gasteiger partial charge in [0.1, 0.15) is 0 Å². The summed E-state index contributed by atoms with van der Waals surface area (Å²) in [6.45, 7) is 0. The number of aromatic nitrogens is 3. The van der Waals surface area contributed by atoms with Crippen LogP contribution in [0.2, 0.25) is 0 Å². The quantitative estimate of drug-likeness (QED) is 0.210. The van der Waals surface area contributed by atoms with Crippen molar-refractivity contribution in [1.29, 1.82) is 0 Å². The van der Waals surface area contributed by atoms with Crippen LogP contribution in [-0.4, -0.2) is 14.1 Å². The zero-order valence-electron chi connectivity index (χ0n) is 23.9. The molecular formula is C41H27N3. The molecule has 3 aromatic heterocycles. The average molecular weight is 562 g/mol. The molecule has 206 valence electrons. The molecule has 9 aromatic rings. The van der Waals surface area contributed by atoms with Crippen molar-refractivity contribution in [3.63, 3.8) is 0 Å². The van der Waals surface area contributed by atoms with Crippen molar-refractivity contribution < 1.29 is 0 Å². The molecule has 9 rings (SSSR count). The number of fused-ring (bicyclic) bond motifs is 6. The van der Waals surface area contributed by atoms with E-state index in [0.717, 1.165) is 33.8 Å². The van der Waals surface area contributed by atoms with Gasteiger partial charge in [-0.15, -0.1) is 0 Å². The van der Waals surface area contributed by atoms with Gasteiger partial charge >= 0.3 is 0 Å². The lowest BCUT2D eigenvalue weighted by Gasteiger charge is -2.14. The minimum Gasteiger partial charge on any atom is -0.309 e. The van der Waals surface area contributed by atoms with Crippen LogP contribution in [-0.2, 0) is 0 Å². The minimum absolute atomic E-state index is 0.967. The molecule has 0 aliphatic rings. The summed E-state index contributed by atoms with van der Waals surface area (Å²) in [5, 5.41) is 5.04. The standard InChI is InChI=1S/C41H27N3/c1-5-21-37-33(16-1)34-17-2-6-22-38(34)43(37)30-14-9-12-28(26-30)32-20-11-25-42-41(32)29-13-10-15-31(27-29)44-39-23-7-3-18-35(39)36-19-4-8-24-40(36)44/h1-27H. The maximum absolute atomic E-state index is 4.95. The lowest BCUT2D eigenvalue weighted by molar-refractivity contribution is 1.18. The second-order valence-corrected chi connectivity index (χ2v) is 11.2. The molecule has 0 saturated carbocycles. The monoisotopic (exact) mass is 561 g/mol. The summed E-state index contributed by atoms with van der Waals surface area (Å²) in [6, 6.07) is 56.4. The third kappa shape index (κ3) is 3.73. The summed E-state index contributed by atoms with van der Waals surface area (Å²) >= 11 is 0. The Hall–Kier alpha value is -5.93. The van der Waals surface area contributed by atoms with Crippen LogP contribution in [0.1, 0.15) is 0 Å². The van der Waals surface area contributed by atoms with E-state index < -0.39 is 0 Å². The fourth-order valence-electron chi connectivity index (χ4n) is 6.87. The molecule has 6 aromatic carbocycles. The number of pyridine rings is 1. The maximum Gasteiger partial charge on any atom is 0.0781 e. The van der Waals surface area contributed by atoms with Crippen LogP contribution in [0.25, 0.3) is 77.4 Å². The number of rotatable bonds is 4. The second kappa shape index (κ2) is 9.82. The van der Waals surface area contributed by atoms with Crippen molar-refractivity contribution in [1.82, 2.24) is 14.1 Å². The minimum atomic E-state index is 0.967. The molecule has 0 aliphatic heterocycles. The van der Waals surface area contributed by atoms with E-state index in [9.17, 15) is 0 Å². The Morgan fingerprint density at radius 1 is 0.364 bits per heavy atom. The Morgan fingerprint density at radius 3 is 1.30 bits per heavy atom. The molecule has 3 heteroatoms. The van der Waals surface area contributed by atoms with Crippen LogP contribution in [0.15, 0.2) is 164 Å². The van der Waals surface area contributed by atoms with Crippen molar-refractivity contribution in [3.8, 4) is 33.8 Å². The van der Waals surface area contributed by atoms with Gasteiger partial charge in [-0.2, -0.15) is 0 Å². The molecule has 0 saturated heterocycles. The molecule has 0 aliphatic carbocycles. The normalized spacial score (nSPS) is 11.6. The summed E-state index contributed by atoms with van der Waals surface area (Å²) < 4.78 is 4.73. The highest BCUT2D eigenvalue weighted by Gasteiger charge is 2.16. The highest BCUT2D eigenvalue weighted by Crippen LogP contribution is 2.37. The Kier molecular flexibility index (Phi) is 5.50. The van der Waals surface area contributed by atoms with Gasteiger partial charge in [-0.25, -0.2) is 0 Å². The van der Waals surface area contributed by atoms with Crippen molar-refractivity contribution in [2.45, 2.75) is 0 Å². The van der Waals surface area contributed by atoms with Gasteiger partial charge in [-0.05, 0) is 60.2 Å². The number of benzene rings is 6. The molecule has 0 atom stereocenters. The van der Waals surface area contributed by atoms with E-state index in [-0.39, 0.29) is 0 Å². The molecule has 44 heavy (non-hydrogen) atoms. The number of hydrogen-bond donors (Lipinski definition) is 0. The lowest BCUT2D eigenvalue weighted by Crippen LogP contribution is -1.96. The van der Waals surface area contributed by atoms with Gasteiger partial charge in [0.05, 0.1) is 27.8 Å². The summed E-state index contributed by atoms with van der Waals surface area (Å²) in [4.78, 5) is 4.95. The molecular weight excluding hydrogens is 534 g/mol. The van der Waals surface area contributed by atoms with Gasteiger partial charge in [-0.3, -0.25) is 4.98 Å². The SMILES string of the molecule is c1cc(-c2cccnc2-c2cccc(-n3c4ccccc4c4ccccc43)c2)cc(-n2c3ccccc3c3ccccc32)c1. The van der Waals surface area contributed by atoms with Crippen molar-refractivity contribution in [2.75, 3.05) is 0 Å². The number of para-hydroxylation sites is 4. The fourth-order valence-corrected chi connectivity index (χ4v) is 6.87. The van der Waals surface area contributed by atoms with Crippen LogP contribution in [0.5, 0.6) is 0 Å². The van der Waals surface area contributed by atoms with E-state index in [4.69, 9.17) is 4.98 Å². The topological polar surface area (TPSA) is 22.8 Å². The van der Waals surface area contributed by atoms with E-state index in [1.54, 1.807) is 0 Å². The van der Waals surface area contributed by atoms with Gasteiger partial charge < -0.3 is 9.13 Å². The smallest absolute Gasteiger partial charge is 0.0781 e. The predicted molar refractivity (Wildman–Crippen MR) is 184 cm³/mol. The Morgan fingerprint density at radius 2 is 0.795 bits per heavy atom. The van der Waals surface area contributed by atoms with Crippen LogP contribution in [0.3, 0.4) is 0 Å². The third-order valence-electron chi connectivity index (χ3n) is 8.76. The second-order valence-electron chi connectivity index (χ2n) is 11.2. The predicted octanol–water partition coefficient (Wildman–Crippen LogP) is 10.6. The molecule has 0 N–H and O–H groups in total. The van der Waals surface area contributed by atoms with Gasteiger partial charge in [0.2, 0.25) is 0 Å². The summed E-state index contributed by atoms with van der Waals surface area (Å²) in [7, 11) is 0. The fraction of sp³-hybridized carbons (Fsp3) is 0. The maximum atomic E-state index is 4.95. The van der Waals surface area contributed by atoms with E-state index in [0.29, 0.717) is 0 Å². The highest BCUT2D eigenvalue weighted by molar-refractivity contribution is 6.10. The molecule has 3 heterocycles. The van der Waals surface area contributed by atoms with Crippen LogP contribution in [0.4, 0.5) is 0 Å². The Bertz CT molecular complexity index is 2230. The molecule has 0 unspecified atom stereocenters. The van der Waals surface area contributed by atoms with Crippen molar-refractivity contribution in [2.24, 2.45) is 0 Å². The van der Waals surface area contributed by atoms with Crippen LogP contribution >= 0.6 is 0 Å².